The number of aryl methyl sites for hydroxylation is 1. The van der Waals surface area contributed by atoms with Crippen LogP contribution >= 0.6 is 11.6 Å². The van der Waals surface area contributed by atoms with E-state index in [0.29, 0.717) is 39.8 Å². The average molecular weight is 447 g/mol. The fourth-order valence-corrected chi connectivity index (χ4v) is 4.22. The van der Waals surface area contributed by atoms with Gasteiger partial charge in [0, 0.05) is 24.2 Å². The Morgan fingerprint density at radius 1 is 0.938 bits per heavy atom. The van der Waals surface area contributed by atoms with E-state index in [9.17, 15) is 9.59 Å². The van der Waals surface area contributed by atoms with Crippen molar-refractivity contribution in [3.8, 4) is 5.75 Å². The van der Waals surface area contributed by atoms with E-state index in [4.69, 9.17) is 16.3 Å². The Morgan fingerprint density at radius 3 is 2.31 bits per heavy atom. The Bertz CT molecular complexity index is 1220. The van der Waals surface area contributed by atoms with E-state index in [1.165, 1.54) is 4.90 Å². The first-order valence-electron chi connectivity index (χ1n) is 10.2. The normalized spacial score (nSPS) is 13.7. The molecule has 0 aliphatic carbocycles. The molecule has 5 nitrogen and oxygen atoms in total. The number of ether oxygens (including phenoxy) is 1. The molecule has 0 radical (unpaired) electrons. The lowest BCUT2D eigenvalue weighted by Gasteiger charge is -2.22. The quantitative estimate of drug-likeness (QED) is 0.496. The topological polar surface area (TPSA) is 49.9 Å². The van der Waals surface area contributed by atoms with Crippen molar-refractivity contribution in [2.24, 2.45) is 0 Å². The third kappa shape index (κ3) is 3.87. The van der Waals surface area contributed by atoms with Crippen molar-refractivity contribution in [2.45, 2.75) is 13.5 Å². The number of imide groups is 1. The molecule has 0 aromatic heterocycles. The number of rotatable bonds is 6. The van der Waals surface area contributed by atoms with Gasteiger partial charge in [0.1, 0.15) is 11.4 Å². The van der Waals surface area contributed by atoms with E-state index < -0.39 is 0 Å². The van der Waals surface area contributed by atoms with Gasteiger partial charge in [-0.3, -0.25) is 9.59 Å². The van der Waals surface area contributed by atoms with Gasteiger partial charge >= 0.3 is 0 Å². The van der Waals surface area contributed by atoms with Gasteiger partial charge in [0.05, 0.1) is 18.4 Å². The summed E-state index contributed by atoms with van der Waals surface area (Å²) in [4.78, 5) is 30.5. The maximum absolute atomic E-state index is 13.7. The molecule has 0 spiro atoms. The first-order valence-corrected chi connectivity index (χ1v) is 10.6. The van der Waals surface area contributed by atoms with Gasteiger partial charge in [-0.2, -0.15) is 0 Å². The minimum absolute atomic E-state index is 0.320. The molecule has 0 atom stereocenters. The third-order valence-corrected chi connectivity index (χ3v) is 5.71. The number of carbonyl (C=O) groups excluding carboxylic acids is 2. The van der Waals surface area contributed by atoms with Crippen molar-refractivity contribution in [3.63, 3.8) is 0 Å². The molecule has 0 N–H and O–H groups in total. The lowest BCUT2D eigenvalue weighted by Crippen LogP contribution is -2.34. The molecular weight excluding hydrogens is 424 g/mol. The summed E-state index contributed by atoms with van der Waals surface area (Å²) in [5.74, 6) is -0.233. The van der Waals surface area contributed by atoms with Gasteiger partial charge in [-0.1, -0.05) is 60.1 Å². The second-order valence-corrected chi connectivity index (χ2v) is 8.08. The van der Waals surface area contributed by atoms with E-state index in [-0.39, 0.29) is 11.8 Å². The molecule has 1 aliphatic heterocycles. The number of likely N-dealkylation sites (N-methyl/N-ethyl adjacent to an activating group) is 1. The third-order valence-electron chi connectivity index (χ3n) is 5.48. The van der Waals surface area contributed by atoms with Crippen LogP contribution in [0.15, 0.2) is 78.5 Å². The van der Waals surface area contributed by atoms with Crippen molar-refractivity contribution in [3.05, 3.63) is 100 Å². The summed E-state index contributed by atoms with van der Waals surface area (Å²) in [6.07, 6.45) is 0. The first kappa shape index (κ1) is 21.7. The molecule has 3 aromatic rings. The molecule has 162 valence electrons. The van der Waals surface area contributed by atoms with Gasteiger partial charge in [-0.15, -0.1) is 0 Å². The predicted octanol–water partition coefficient (Wildman–Crippen LogP) is 5.07. The molecule has 0 unspecified atom stereocenters. The van der Waals surface area contributed by atoms with Crippen LogP contribution in [0.25, 0.3) is 5.57 Å². The molecule has 3 aromatic carbocycles. The van der Waals surface area contributed by atoms with Crippen molar-refractivity contribution in [2.75, 3.05) is 19.1 Å². The van der Waals surface area contributed by atoms with Gasteiger partial charge in [-0.25, -0.2) is 4.90 Å². The zero-order valence-electron chi connectivity index (χ0n) is 18.1. The van der Waals surface area contributed by atoms with Crippen LogP contribution in [0.2, 0.25) is 5.02 Å². The van der Waals surface area contributed by atoms with Crippen LogP contribution in [0.5, 0.6) is 5.75 Å². The minimum Gasteiger partial charge on any atom is -0.496 e. The fourth-order valence-electron chi connectivity index (χ4n) is 3.99. The summed E-state index contributed by atoms with van der Waals surface area (Å²) < 4.78 is 5.52. The monoisotopic (exact) mass is 446 g/mol. The van der Waals surface area contributed by atoms with Gasteiger partial charge < -0.3 is 9.64 Å². The number of carbonyl (C=O) groups is 2. The fraction of sp³-hybridized carbons (Fsp3) is 0.154. The Hall–Kier alpha value is -3.57. The molecule has 32 heavy (non-hydrogen) atoms. The molecule has 0 fully saturated rings. The van der Waals surface area contributed by atoms with Crippen LogP contribution in [-0.4, -0.2) is 30.9 Å². The summed E-state index contributed by atoms with van der Waals surface area (Å²) in [7, 11) is 3.37. The van der Waals surface area contributed by atoms with Gasteiger partial charge in [0.25, 0.3) is 11.8 Å². The van der Waals surface area contributed by atoms with Gasteiger partial charge in [-0.05, 0) is 42.3 Å². The van der Waals surface area contributed by atoms with E-state index in [0.717, 1.165) is 11.1 Å². The largest absolute Gasteiger partial charge is 0.496 e. The smallest absolute Gasteiger partial charge is 0.282 e. The molecule has 1 aliphatic rings. The number of anilines is 1. The number of nitrogens with zero attached hydrogens (tertiary/aromatic N) is 2. The number of para-hydroxylation sites is 1. The van der Waals surface area contributed by atoms with Crippen LogP contribution in [0.1, 0.15) is 16.7 Å². The van der Waals surface area contributed by atoms with Gasteiger partial charge in [0.2, 0.25) is 0 Å². The number of benzene rings is 3. The molecule has 0 saturated heterocycles. The molecule has 0 saturated carbocycles. The van der Waals surface area contributed by atoms with Crippen LogP contribution in [0.4, 0.5) is 5.69 Å². The lowest BCUT2D eigenvalue weighted by molar-refractivity contribution is -0.120. The zero-order valence-corrected chi connectivity index (χ0v) is 18.9. The second-order valence-electron chi connectivity index (χ2n) is 7.64. The molecule has 2 amide bonds. The Morgan fingerprint density at radius 2 is 1.62 bits per heavy atom. The SMILES string of the molecule is COc1ccccc1C1=C(N(C)Cc2ccccc2)C(=O)N(c2ccc(Cl)cc2C)C1=O. The van der Waals surface area contributed by atoms with Gasteiger partial charge in [0.15, 0.2) is 0 Å². The van der Waals surface area contributed by atoms with Crippen molar-refractivity contribution in [1.29, 1.82) is 0 Å². The second kappa shape index (κ2) is 8.89. The average Bonchev–Trinajstić information content (AvgIpc) is 3.04. The summed E-state index contributed by atoms with van der Waals surface area (Å²) in [6, 6.07) is 22.2. The number of methoxy groups -OCH3 is 1. The Labute approximate surface area is 192 Å². The highest BCUT2D eigenvalue weighted by atomic mass is 35.5. The predicted molar refractivity (Wildman–Crippen MR) is 127 cm³/mol. The Balaban J connectivity index is 1.86. The maximum Gasteiger partial charge on any atom is 0.282 e. The summed E-state index contributed by atoms with van der Waals surface area (Å²) in [5, 5.41) is 0.546. The molecular formula is C26H23ClN2O3. The van der Waals surface area contributed by atoms with E-state index in [2.05, 4.69) is 0 Å². The van der Waals surface area contributed by atoms with E-state index >= 15 is 0 Å². The number of hydrogen-bond acceptors (Lipinski definition) is 4. The van der Waals surface area contributed by atoms with Crippen molar-refractivity contribution in [1.82, 2.24) is 4.90 Å². The van der Waals surface area contributed by atoms with Crippen LogP contribution in [0, 0.1) is 6.92 Å². The first-order chi connectivity index (χ1) is 15.4. The van der Waals surface area contributed by atoms with Crippen LogP contribution < -0.4 is 9.64 Å². The lowest BCUT2D eigenvalue weighted by atomic mass is 10.0. The van der Waals surface area contributed by atoms with Crippen LogP contribution in [0.3, 0.4) is 0 Å². The number of halogens is 1. The van der Waals surface area contributed by atoms with Crippen LogP contribution in [-0.2, 0) is 16.1 Å². The van der Waals surface area contributed by atoms with Crippen molar-refractivity contribution < 1.29 is 14.3 Å². The van der Waals surface area contributed by atoms with Crippen molar-refractivity contribution >= 4 is 34.7 Å². The van der Waals surface area contributed by atoms with E-state index in [1.54, 1.807) is 37.4 Å². The number of amides is 2. The minimum atomic E-state index is -0.389. The summed E-state index contributed by atoms with van der Waals surface area (Å²) >= 11 is 6.11. The summed E-state index contributed by atoms with van der Waals surface area (Å²) in [5.41, 5.74) is 3.52. The molecule has 1 heterocycles. The Kier molecular flexibility index (Phi) is 6.01. The van der Waals surface area contributed by atoms with E-state index in [1.807, 2.05) is 61.3 Å². The highest BCUT2D eigenvalue weighted by Crippen LogP contribution is 2.39. The molecule has 6 heteroatoms. The molecule has 4 rings (SSSR count). The number of hydrogen-bond donors (Lipinski definition) is 0. The standard InChI is InChI=1S/C26H23ClN2O3/c1-17-15-19(27)13-14-21(17)29-25(30)23(20-11-7-8-12-22(20)32-3)24(26(29)31)28(2)16-18-9-5-4-6-10-18/h4-15H,16H2,1-3H3. The maximum atomic E-state index is 13.7. The highest BCUT2D eigenvalue weighted by molar-refractivity contribution is 6.46. The highest BCUT2D eigenvalue weighted by Gasteiger charge is 2.43. The molecule has 0 bridgehead atoms. The summed E-state index contributed by atoms with van der Waals surface area (Å²) in [6.45, 7) is 2.30. The zero-order chi connectivity index (χ0) is 22.8.